The van der Waals surface area contributed by atoms with Gasteiger partial charge in [0.05, 0.1) is 5.25 Å². The van der Waals surface area contributed by atoms with Gasteiger partial charge in [-0.15, -0.1) is 10.2 Å². The zero-order valence-corrected chi connectivity index (χ0v) is 20.5. The Labute approximate surface area is 214 Å². The molecule has 5 aromatic rings. The molecule has 0 N–H and O–H groups in total. The maximum Gasteiger partial charge on any atom is 0.244 e. The van der Waals surface area contributed by atoms with Crippen LogP contribution in [0.3, 0.4) is 0 Å². The van der Waals surface area contributed by atoms with Gasteiger partial charge in [-0.05, 0) is 31.2 Å². The minimum atomic E-state index is -0.446. The van der Waals surface area contributed by atoms with Crippen LogP contribution in [0.5, 0.6) is 0 Å². The van der Waals surface area contributed by atoms with Gasteiger partial charge in [0.15, 0.2) is 0 Å². The summed E-state index contributed by atoms with van der Waals surface area (Å²) in [5, 5.41) is 8.95. The van der Waals surface area contributed by atoms with Crippen LogP contribution in [0.4, 0.5) is 11.4 Å². The van der Waals surface area contributed by atoms with Crippen molar-refractivity contribution in [2.75, 3.05) is 4.90 Å². The highest BCUT2D eigenvalue weighted by molar-refractivity contribution is 8.00. The summed E-state index contributed by atoms with van der Waals surface area (Å²) in [6.45, 7) is 1.88. The highest BCUT2D eigenvalue weighted by atomic mass is 32.2. The quantitative estimate of drug-likeness (QED) is 0.230. The first-order valence-corrected chi connectivity index (χ1v) is 12.5. The largest absolute Gasteiger partial charge is 0.280 e. The lowest BCUT2D eigenvalue weighted by molar-refractivity contribution is -0.117. The summed E-state index contributed by atoms with van der Waals surface area (Å²) in [5.74, 6) is -0.0607. The Balaban J connectivity index is 1.48. The Bertz CT molecular complexity index is 1390. The third-order valence-electron chi connectivity index (χ3n) is 5.64. The summed E-state index contributed by atoms with van der Waals surface area (Å²) < 4.78 is 0. The van der Waals surface area contributed by atoms with Crippen molar-refractivity contribution in [2.45, 2.75) is 17.3 Å². The summed E-state index contributed by atoms with van der Waals surface area (Å²) in [5.41, 5.74) is 4.95. The van der Waals surface area contributed by atoms with Gasteiger partial charge in [-0.2, -0.15) is 0 Å². The summed E-state index contributed by atoms with van der Waals surface area (Å²) in [4.78, 5) is 20.3. The molecular formula is C30H24N4OS. The second kappa shape index (κ2) is 11.0. The van der Waals surface area contributed by atoms with E-state index in [1.807, 2.05) is 128 Å². The van der Waals surface area contributed by atoms with E-state index in [1.165, 1.54) is 11.8 Å². The topological polar surface area (TPSA) is 59.0 Å². The van der Waals surface area contributed by atoms with E-state index < -0.39 is 5.25 Å². The van der Waals surface area contributed by atoms with Crippen molar-refractivity contribution in [3.05, 3.63) is 121 Å². The first kappa shape index (κ1) is 23.5. The predicted molar refractivity (Wildman–Crippen MR) is 146 cm³/mol. The summed E-state index contributed by atoms with van der Waals surface area (Å²) in [6.07, 6.45) is 0. The van der Waals surface area contributed by atoms with Crippen LogP contribution in [-0.2, 0) is 4.79 Å². The fraction of sp³-hybridized carbons (Fsp3) is 0.0667. The number of amides is 1. The minimum Gasteiger partial charge on any atom is -0.280 e. The second-order valence-corrected chi connectivity index (χ2v) is 9.44. The van der Waals surface area contributed by atoms with Crippen LogP contribution in [0.25, 0.3) is 22.5 Å². The Hall–Kier alpha value is -4.29. The smallest absolute Gasteiger partial charge is 0.244 e. The lowest BCUT2D eigenvalue weighted by Crippen LogP contribution is -2.32. The van der Waals surface area contributed by atoms with Crippen molar-refractivity contribution in [3.63, 3.8) is 0 Å². The molecule has 1 unspecified atom stereocenters. The van der Waals surface area contributed by atoms with Crippen LogP contribution in [-0.4, -0.2) is 26.3 Å². The zero-order chi connectivity index (χ0) is 24.7. The van der Waals surface area contributed by atoms with Crippen molar-refractivity contribution < 1.29 is 4.79 Å². The number of rotatable bonds is 7. The van der Waals surface area contributed by atoms with E-state index >= 15 is 0 Å². The van der Waals surface area contributed by atoms with Gasteiger partial charge in [-0.3, -0.25) is 9.69 Å². The number of hydrogen-bond donors (Lipinski definition) is 0. The molecule has 1 atom stereocenters. The number of nitrogens with zero attached hydrogens (tertiary/aromatic N) is 4. The lowest BCUT2D eigenvalue weighted by Gasteiger charge is -2.25. The fourth-order valence-electron chi connectivity index (χ4n) is 3.90. The molecule has 1 heterocycles. The molecule has 1 aromatic heterocycles. The monoisotopic (exact) mass is 488 g/mol. The normalized spacial score (nSPS) is 11.6. The molecule has 0 bridgehead atoms. The van der Waals surface area contributed by atoms with E-state index in [2.05, 4.69) is 10.2 Å². The number of hydrogen-bond acceptors (Lipinski definition) is 5. The van der Waals surface area contributed by atoms with E-state index in [-0.39, 0.29) is 5.91 Å². The van der Waals surface area contributed by atoms with Crippen molar-refractivity contribution in [1.82, 2.24) is 15.2 Å². The number of anilines is 2. The van der Waals surface area contributed by atoms with Crippen LogP contribution >= 0.6 is 11.8 Å². The highest BCUT2D eigenvalue weighted by Gasteiger charge is 2.26. The standard InChI is InChI=1S/C30H24N4OS/c1-22(29(35)34(25-18-10-4-11-19-25)26-20-12-5-13-21-26)36-30-31-27(23-14-6-2-7-15-23)28(32-33-30)24-16-8-3-9-17-24/h2-22H,1H3. The molecule has 5 rings (SSSR count). The third-order valence-corrected chi connectivity index (χ3v) is 6.58. The van der Waals surface area contributed by atoms with Gasteiger partial charge in [0.1, 0.15) is 11.4 Å². The van der Waals surface area contributed by atoms with Gasteiger partial charge < -0.3 is 0 Å². The SMILES string of the molecule is CC(Sc1nnc(-c2ccccc2)c(-c2ccccc2)n1)C(=O)N(c1ccccc1)c1ccccc1. The zero-order valence-electron chi connectivity index (χ0n) is 19.7. The maximum atomic E-state index is 13.7. The maximum absolute atomic E-state index is 13.7. The molecular weight excluding hydrogens is 464 g/mol. The summed E-state index contributed by atoms with van der Waals surface area (Å²) in [7, 11) is 0. The Morgan fingerprint density at radius 2 is 1.08 bits per heavy atom. The first-order valence-electron chi connectivity index (χ1n) is 11.7. The van der Waals surface area contributed by atoms with Gasteiger partial charge >= 0.3 is 0 Å². The Morgan fingerprint density at radius 1 is 0.639 bits per heavy atom. The molecule has 0 spiro atoms. The summed E-state index contributed by atoms with van der Waals surface area (Å²) in [6, 6.07) is 39.2. The van der Waals surface area contributed by atoms with Crippen molar-refractivity contribution >= 4 is 29.0 Å². The van der Waals surface area contributed by atoms with Crippen LogP contribution in [0.1, 0.15) is 6.92 Å². The lowest BCUT2D eigenvalue weighted by atomic mass is 10.0. The average molecular weight is 489 g/mol. The van der Waals surface area contributed by atoms with Gasteiger partial charge in [0, 0.05) is 22.5 Å². The molecule has 4 aromatic carbocycles. The molecule has 0 aliphatic heterocycles. The van der Waals surface area contributed by atoms with Crippen LogP contribution in [0.15, 0.2) is 126 Å². The van der Waals surface area contributed by atoms with Gasteiger partial charge in [-0.25, -0.2) is 4.98 Å². The van der Waals surface area contributed by atoms with Crippen LogP contribution in [0.2, 0.25) is 0 Å². The molecule has 6 heteroatoms. The van der Waals surface area contributed by atoms with Crippen molar-refractivity contribution in [1.29, 1.82) is 0 Å². The van der Waals surface area contributed by atoms with E-state index in [9.17, 15) is 4.79 Å². The molecule has 0 saturated heterocycles. The third kappa shape index (κ3) is 5.19. The molecule has 0 saturated carbocycles. The Kier molecular flexibility index (Phi) is 7.15. The number of carbonyl (C=O) groups excluding carboxylic acids is 1. The molecule has 0 aliphatic rings. The summed E-state index contributed by atoms with van der Waals surface area (Å²) >= 11 is 1.31. The van der Waals surface area contributed by atoms with Crippen molar-refractivity contribution in [2.24, 2.45) is 0 Å². The second-order valence-electron chi connectivity index (χ2n) is 8.13. The molecule has 5 nitrogen and oxygen atoms in total. The molecule has 0 fully saturated rings. The molecule has 1 amide bonds. The van der Waals surface area contributed by atoms with Gasteiger partial charge in [0.25, 0.3) is 0 Å². The number of thioether (sulfide) groups is 1. The number of carbonyl (C=O) groups is 1. The van der Waals surface area contributed by atoms with Gasteiger partial charge in [-0.1, -0.05) is 109 Å². The predicted octanol–water partition coefficient (Wildman–Crippen LogP) is 7.05. The van der Waals surface area contributed by atoms with E-state index in [4.69, 9.17) is 4.98 Å². The molecule has 0 radical (unpaired) electrons. The van der Waals surface area contributed by atoms with Crippen LogP contribution < -0.4 is 4.90 Å². The first-order chi connectivity index (χ1) is 17.7. The molecule has 0 aliphatic carbocycles. The number of aromatic nitrogens is 3. The molecule has 176 valence electrons. The fourth-order valence-corrected chi connectivity index (χ4v) is 4.65. The van der Waals surface area contributed by atoms with E-state index in [1.54, 1.807) is 4.90 Å². The Morgan fingerprint density at radius 3 is 1.58 bits per heavy atom. The number of benzene rings is 4. The van der Waals surface area contributed by atoms with Crippen molar-refractivity contribution in [3.8, 4) is 22.5 Å². The van der Waals surface area contributed by atoms with Crippen LogP contribution in [0, 0.1) is 0 Å². The van der Waals surface area contributed by atoms with E-state index in [0.717, 1.165) is 28.2 Å². The molecule has 36 heavy (non-hydrogen) atoms. The highest BCUT2D eigenvalue weighted by Crippen LogP contribution is 2.33. The minimum absolute atomic E-state index is 0.0607. The number of para-hydroxylation sites is 2. The van der Waals surface area contributed by atoms with E-state index in [0.29, 0.717) is 10.9 Å². The van der Waals surface area contributed by atoms with Gasteiger partial charge in [0.2, 0.25) is 11.1 Å². The average Bonchev–Trinajstić information content (AvgIpc) is 2.95.